The lowest BCUT2D eigenvalue weighted by Gasteiger charge is -2.29. The van der Waals surface area contributed by atoms with Crippen molar-refractivity contribution in [3.8, 4) is 11.5 Å². The third-order valence-electron chi connectivity index (χ3n) is 3.92. The molecule has 2 aromatic carbocycles. The third-order valence-corrected chi connectivity index (χ3v) is 3.92. The summed E-state index contributed by atoms with van der Waals surface area (Å²) in [6, 6.07) is 14.9. The molecule has 0 amide bonds. The van der Waals surface area contributed by atoms with Crippen LogP contribution >= 0.6 is 0 Å². The highest BCUT2D eigenvalue weighted by atomic mass is 16.3. The fraction of sp³-hybridized carbons (Fsp3) is 0.333. The SMILES string of the molecule is CC(CC(C)(C)c1ccccc1O)c1ccccc1O. The first-order chi connectivity index (χ1) is 9.42. The van der Waals surface area contributed by atoms with Crippen LogP contribution in [0.15, 0.2) is 48.5 Å². The molecule has 2 heteroatoms. The largest absolute Gasteiger partial charge is 0.508 e. The molecule has 0 fully saturated rings. The molecule has 0 aliphatic rings. The molecule has 0 aromatic heterocycles. The van der Waals surface area contributed by atoms with Crippen molar-refractivity contribution in [3.05, 3.63) is 59.7 Å². The lowest BCUT2D eigenvalue weighted by molar-refractivity contribution is 0.394. The zero-order valence-corrected chi connectivity index (χ0v) is 12.3. The van der Waals surface area contributed by atoms with Crippen molar-refractivity contribution in [1.82, 2.24) is 0 Å². The number of hydrogen-bond acceptors (Lipinski definition) is 2. The van der Waals surface area contributed by atoms with Crippen LogP contribution in [-0.2, 0) is 5.41 Å². The average Bonchev–Trinajstić information content (AvgIpc) is 2.38. The molecule has 0 saturated carbocycles. The van der Waals surface area contributed by atoms with Gasteiger partial charge in [-0.25, -0.2) is 0 Å². The molecular formula is C18H22O2. The van der Waals surface area contributed by atoms with E-state index < -0.39 is 0 Å². The van der Waals surface area contributed by atoms with Gasteiger partial charge < -0.3 is 10.2 Å². The van der Waals surface area contributed by atoms with Crippen LogP contribution in [0.25, 0.3) is 0 Å². The van der Waals surface area contributed by atoms with Crippen molar-refractivity contribution in [2.24, 2.45) is 0 Å². The Hall–Kier alpha value is -1.96. The predicted molar refractivity (Wildman–Crippen MR) is 82.3 cm³/mol. The number of benzene rings is 2. The van der Waals surface area contributed by atoms with Crippen LogP contribution in [0.3, 0.4) is 0 Å². The Kier molecular flexibility index (Phi) is 4.03. The van der Waals surface area contributed by atoms with Gasteiger partial charge in [-0.05, 0) is 41.0 Å². The summed E-state index contributed by atoms with van der Waals surface area (Å²) in [6.45, 7) is 6.36. The second kappa shape index (κ2) is 5.58. The smallest absolute Gasteiger partial charge is 0.119 e. The number of rotatable bonds is 4. The van der Waals surface area contributed by atoms with Crippen molar-refractivity contribution in [1.29, 1.82) is 0 Å². The summed E-state index contributed by atoms with van der Waals surface area (Å²) in [5.41, 5.74) is 1.74. The van der Waals surface area contributed by atoms with Gasteiger partial charge in [-0.3, -0.25) is 0 Å². The van der Waals surface area contributed by atoms with Crippen molar-refractivity contribution in [3.63, 3.8) is 0 Å². The van der Waals surface area contributed by atoms with Crippen molar-refractivity contribution in [2.75, 3.05) is 0 Å². The van der Waals surface area contributed by atoms with E-state index in [1.807, 2.05) is 36.4 Å². The van der Waals surface area contributed by atoms with Crippen LogP contribution in [0.1, 0.15) is 44.2 Å². The summed E-state index contributed by atoms with van der Waals surface area (Å²) < 4.78 is 0. The quantitative estimate of drug-likeness (QED) is 0.854. The van der Waals surface area contributed by atoms with Crippen LogP contribution in [0.2, 0.25) is 0 Å². The summed E-state index contributed by atoms with van der Waals surface area (Å²) >= 11 is 0. The standard InChI is InChI=1S/C18H22O2/c1-13(14-8-4-6-10-16(14)19)12-18(2,3)15-9-5-7-11-17(15)20/h4-11,13,19-20H,12H2,1-3H3. The Labute approximate surface area is 120 Å². The molecule has 0 aliphatic heterocycles. The molecule has 20 heavy (non-hydrogen) atoms. The van der Waals surface area contributed by atoms with Crippen molar-refractivity contribution >= 4 is 0 Å². The number of phenolic OH excluding ortho intramolecular Hbond substituents is 2. The van der Waals surface area contributed by atoms with Crippen molar-refractivity contribution in [2.45, 2.75) is 38.5 Å². The molecule has 0 heterocycles. The second-order valence-electron chi connectivity index (χ2n) is 6.07. The Bertz CT molecular complexity index is 587. The second-order valence-corrected chi connectivity index (χ2v) is 6.07. The molecule has 0 saturated heterocycles. The van der Waals surface area contributed by atoms with Crippen LogP contribution < -0.4 is 0 Å². The Morgan fingerprint density at radius 2 is 1.45 bits per heavy atom. The minimum absolute atomic E-state index is 0.160. The molecule has 1 unspecified atom stereocenters. The van der Waals surface area contributed by atoms with Gasteiger partial charge in [0.15, 0.2) is 0 Å². The number of hydrogen-bond donors (Lipinski definition) is 2. The van der Waals surface area contributed by atoms with E-state index in [-0.39, 0.29) is 11.3 Å². The molecule has 0 radical (unpaired) electrons. The number of phenols is 2. The summed E-state index contributed by atoms with van der Waals surface area (Å²) in [4.78, 5) is 0. The van der Waals surface area contributed by atoms with Gasteiger partial charge in [-0.15, -0.1) is 0 Å². The van der Waals surface area contributed by atoms with Crippen molar-refractivity contribution < 1.29 is 10.2 Å². The molecular weight excluding hydrogens is 248 g/mol. The van der Waals surface area contributed by atoms with Crippen LogP contribution in [0, 0.1) is 0 Å². The van der Waals surface area contributed by atoms with E-state index in [0.717, 1.165) is 17.5 Å². The van der Waals surface area contributed by atoms with Crippen LogP contribution in [-0.4, -0.2) is 10.2 Å². The fourth-order valence-electron chi connectivity index (χ4n) is 2.94. The number of aromatic hydroxyl groups is 2. The van der Waals surface area contributed by atoms with E-state index in [0.29, 0.717) is 11.5 Å². The topological polar surface area (TPSA) is 40.5 Å². The highest BCUT2D eigenvalue weighted by Gasteiger charge is 2.27. The summed E-state index contributed by atoms with van der Waals surface area (Å²) in [6.07, 6.45) is 0.849. The first-order valence-electron chi connectivity index (χ1n) is 6.98. The van der Waals surface area contributed by atoms with Gasteiger partial charge >= 0.3 is 0 Å². The highest BCUT2D eigenvalue weighted by Crippen LogP contribution is 2.40. The summed E-state index contributed by atoms with van der Waals surface area (Å²) in [7, 11) is 0. The van der Waals surface area contributed by atoms with E-state index in [4.69, 9.17) is 0 Å². The van der Waals surface area contributed by atoms with Gasteiger partial charge in [-0.2, -0.15) is 0 Å². The molecule has 106 valence electrons. The minimum Gasteiger partial charge on any atom is -0.508 e. The van der Waals surface area contributed by atoms with Crippen LogP contribution in [0.4, 0.5) is 0 Å². The summed E-state index contributed by atoms with van der Waals surface area (Å²) in [5, 5.41) is 20.0. The van der Waals surface area contributed by atoms with Crippen LogP contribution in [0.5, 0.6) is 11.5 Å². The Balaban J connectivity index is 2.25. The maximum absolute atomic E-state index is 10.0. The van der Waals surface area contributed by atoms with Gasteiger partial charge in [0.25, 0.3) is 0 Å². The van der Waals surface area contributed by atoms with Gasteiger partial charge in [0.1, 0.15) is 11.5 Å². The molecule has 2 N–H and O–H groups in total. The molecule has 1 atom stereocenters. The molecule has 2 aromatic rings. The predicted octanol–water partition coefficient (Wildman–Crippen LogP) is 4.57. The van der Waals surface area contributed by atoms with Gasteiger partial charge in [0, 0.05) is 0 Å². The maximum Gasteiger partial charge on any atom is 0.119 e. The first kappa shape index (κ1) is 14.4. The first-order valence-corrected chi connectivity index (χ1v) is 6.98. The molecule has 2 nitrogen and oxygen atoms in total. The molecule has 0 aliphatic carbocycles. The maximum atomic E-state index is 10.0. The van der Waals surface area contributed by atoms with E-state index in [9.17, 15) is 10.2 Å². The normalized spacial score (nSPS) is 13.2. The van der Waals surface area contributed by atoms with E-state index in [2.05, 4.69) is 20.8 Å². The van der Waals surface area contributed by atoms with E-state index >= 15 is 0 Å². The summed E-state index contributed by atoms with van der Waals surface area (Å²) in [5.74, 6) is 0.890. The monoisotopic (exact) mass is 270 g/mol. The third kappa shape index (κ3) is 2.96. The Morgan fingerprint density at radius 1 is 0.900 bits per heavy atom. The van der Waals surface area contributed by atoms with Gasteiger partial charge in [0.2, 0.25) is 0 Å². The molecule has 2 rings (SSSR count). The number of para-hydroxylation sites is 2. The fourth-order valence-corrected chi connectivity index (χ4v) is 2.94. The molecule has 0 spiro atoms. The average molecular weight is 270 g/mol. The lowest BCUT2D eigenvalue weighted by atomic mass is 9.75. The highest BCUT2D eigenvalue weighted by molar-refractivity contribution is 5.39. The van der Waals surface area contributed by atoms with Gasteiger partial charge in [0.05, 0.1) is 0 Å². The molecule has 0 bridgehead atoms. The lowest BCUT2D eigenvalue weighted by Crippen LogP contribution is -2.20. The zero-order chi connectivity index (χ0) is 14.8. The van der Waals surface area contributed by atoms with E-state index in [1.165, 1.54) is 0 Å². The zero-order valence-electron chi connectivity index (χ0n) is 12.3. The Morgan fingerprint density at radius 3 is 2.05 bits per heavy atom. The minimum atomic E-state index is -0.160. The van der Waals surface area contributed by atoms with E-state index in [1.54, 1.807) is 12.1 Å². The van der Waals surface area contributed by atoms with Gasteiger partial charge in [-0.1, -0.05) is 57.2 Å².